The van der Waals surface area contributed by atoms with E-state index in [1.807, 2.05) is 25.1 Å². The minimum Gasteiger partial charge on any atom is -0.496 e. The van der Waals surface area contributed by atoms with E-state index in [4.69, 9.17) is 25.4 Å². The van der Waals surface area contributed by atoms with Crippen LogP contribution in [0.4, 0.5) is 5.82 Å². The van der Waals surface area contributed by atoms with Crippen LogP contribution in [0.3, 0.4) is 0 Å². The van der Waals surface area contributed by atoms with Gasteiger partial charge in [0.15, 0.2) is 11.5 Å². The summed E-state index contributed by atoms with van der Waals surface area (Å²) in [7, 11) is 1.61. The standard InChI is InChI=1S/C20H16ClN3O4/c1-10-8-12(4-6-15(10)26-3)17-19(24-28-23-17)22-20(25)18-11(2)14-9-13(21)5-7-16(14)27-18/h4-9H,1-3H3,(H,22,24,25). The molecule has 2 aromatic heterocycles. The molecule has 0 saturated heterocycles. The van der Waals surface area contributed by atoms with Crippen molar-refractivity contribution < 1.29 is 18.6 Å². The molecule has 0 aliphatic heterocycles. The lowest BCUT2D eigenvalue weighted by Crippen LogP contribution is -2.13. The van der Waals surface area contributed by atoms with Crippen LogP contribution < -0.4 is 10.1 Å². The van der Waals surface area contributed by atoms with Crippen molar-refractivity contribution in [1.82, 2.24) is 10.3 Å². The lowest BCUT2D eigenvalue weighted by molar-refractivity contribution is 0.0997. The van der Waals surface area contributed by atoms with Crippen molar-refractivity contribution in [3.8, 4) is 17.0 Å². The number of methoxy groups -OCH3 is 1. The molecule has 2 aromatic carbocycles. The second-order valence-corrected chi connectivity index (χ2v) is 6.73. The number of fused-ring (bicyclic) bond motifs is 1. The van der Waals surface area contributed by atoms with Crippen molar-refractivity contribution in [2.75, 3.05) is 12.4 Å². The lowest BCUT2D eigenvalue weighted by atomic mass is 10.1. The van der Waals surface area contributed by atoms with Gasteiger partial charge in [0.1, 0.15) is 11.3 Å². The molecule has 4 aromatic rings. The number of ether oxygens (including phenoxy) is 1. The van der Waals surface area contributed by atoms with Gasteiger partial charge >= 0.3 is 0 Å². The summed E-state index contributed by atoms with van der Waals surface area (Å²) in [5.41, 5.74) is 3.34. The highest BCUT2D eigenvalue weighted by Crippen LogP contribution is 2.31. The predicted molar refractivity (Wildman–Crippen MR) is 105 cm³/mol. The summed E-state index contributed by atoms with van der Waals surface area (Å²) in [6.45, 7) is 3.71. The first kappa shape index (κ1) is 18.1. The fourth-order valence-corrected chi connectivity index (χ4v) is 3.23. The number of nitrogens with one attached hydrogen (secondary N) is 1. The Balaban J connectivity index is 1.66. The SMILES string of the molecule is COc1ccc(-c2nonc2NC(=O)c2oc3ccc(Cl)cc3c2C)cc1C. The number of amides is 1. The van der Waals surface area contributed by atoms with Gasteiger partial charge in [-0.05, 0) is 66.1 Å². The van der Waals surface area contributed by atoms with Gasteiger partial charge in [0, 0.05) is 21.5 Å². The number of nitrogens with zero attached hydrogens (tertiary/aromatic N) is 2. The number of aryl methyl sites for hydroxylation is 2. The van der Waals surface area contributed by atoms with Gasteiger partial charge in [-0.25, -0.2) is 4.63 Å². The summed E-state index contributed by atoms with van der Waals surface area (Å²) >= 11 is 6.04. The highest BCUT2D eigenvalue weighted by molar-refractivity contribution is 6.31. The van der Waals surface area contributed by atoms with E-state index < -0.39 is 5.91 Å². The van der Waals surface area contributed by atoms with Crippen molar-refractivity contribution in [1.29, 1.82) is 0 Å². The minimum absolute atomic E-state index is 0.178. The van der Waals surface area contributed by atoms with Gasteiger partial charge in [-0.15, -0.1) is 0 Å². The Labute approximate surface area is 165 Å². The largest absolute Gasteiger partial charge is 0.496 e. The zero-order valence-corrected chi connectivity index (χ0v) is 16.1. The van der Waals surface area contributed by atoms with E-state index in [2.05, 4.69) is 15.6 Å². The zero-order valence-electron chi connectivity index (χ0n) is 15.4. The second-order valence-electron chi connectivity index (χ2n) is 6.30. The van der Waals surface area contributed by atoms with Gasteiger partial charge in [-0.1, -0.05) is 11.6 Å². The Morgan fingerprint density at radius 2 is 1.96 bits per heavy atom. The van der Waals surface area contributed by atoms with E-state index >= 15 is 0 Å². The van der Waals surface area contributed by atoms with Gasteiger partial charge in [-0.3, -0.25) is 10.1 Å². The highest BCUT2D eigenvalue weighted by Gasteiger charge is 2.22. The molecule has 0 saturated carbocycles. The molecule has 0 bridgehead atoms. The predicted octanol–water partition coefficient (Wildman–Crippen LogP) is 5.01. The quantitative estimate of drug-likeness (QED) is 0.520. The number of carbonyl (C=O) groups excluding carboxylic acids is 1. The average Bonchev–Trinajstić information content (AvgIpc) is 3.26. The number of hydrogen-bond donors (Lipinski definition) is 1. The number of aromatic nitrogens is 2. The summed E-state index contributed by atoms with van der Waals surface area (Å²) in [6, 6.07) is 10.7. The van der Waals surface area contributed by atoms with Gasteiger partial charge in [0.25, 0.3) is 5.91 Å². The molecule has 0 atom stereocenters. The van der Waals surface area contributed by atoms with Gasteiger partial charge in [0.05, 0.1) is 7.11 Å². The smallest absolute Gasteiger partial charge is 0.292 e. The van der Waals surface area contributed by atoms with E-state index in [-0.39, 0.29) is 11.6 Å². The van der Waals surface area contributed by atoms with Crippen LogP contribution in [-0.4, -0.2) is 23.3 Å². The monoisotopic (exact) mass is 397 g/mol. The molecule has 2 heterocycles. The molecule has 0 aliphatic carbocycles. The maximum Gasteiger partial charge on any atom is 0.292 e. The fourth-order valence-electron chi connectivity index (χ4n) is 3.06. The average molecular weight is 398 g/mol. The van der Waals surface area contributed by atoms with E-state index in [0.717, 1.165) is 22.3 Å². The van der Waals surface area contributed by atoms with Crippen LogP contribution in [0.1, 0.15) is 21.7 Å². The first-order valence-electron chi connectivity index (χ1n) is 8.45. The third-order valence-corrected chi connectivity index (χ3v) is 4.73. The van der Waals surface area contributed by atoms with Gasteiger partial charge in [0.2, 0.25) is 5.82 Å². The summed E-state index contributed by atoms with van der Waals surface area (Å²) in [5.74, 6) is 0.680. The van der Waals surface area contributed by atoms with Gasteiger partial charge in [-0.2, -0.15) is 0 Å². The Morgan fingerprint density at radius 1 is 1.14 bits per heavy atom. The Hall–Kier alpha value is -3.32. The number of carbonyl (C=O) groups is 1. The molecule has 4 rings (SSSR count). The molecule has 1 N–H and O–H groups in total. The van der Waals surface area contributed by atoms with Gasteiger partial charge < -0.3 is 9.15 Å². The Morgan fingerprint density at radius 3 is 2.71 bits per heavy atom. The maximum absolute atomic E-state index is 12.8. The topological polar surface area (TPSA) is 90.4 Å². The molecule has 1 amide bonds. The molecular formula is C20H16ClN3O4. The molecule has 142 valence electrons. The van der Waals surface area contributed by atoms with E-state index in [9.17, 15) is 4.79 Å². The number of benzene rings is 2. The number of furan rings is 1. The van der Waals surface area contributed by atoms with Crippen molar-refractivity contribution >= 4 is 34.3 Å². The molecular weight excluding hydrogens is 382 g/mol. The van der Waals surface area contributed by atoms with Crippen molar-refractivity contribution in [3.05, 3.63) is 58.3 Å². The van der Waals surface area contributed by atoms with Crippen LogP contribution >= 0.6 is 11.6 Å². The first-order valence-corrected chi connectivity index (χ1v) is 8.83. The molecule has 0 spiro atoms. The Kier molecular flexibility index (Phi) is 4.52. The molecule has 28 heavy (non-hydrogen) atoms. The van der Waals surface area contributed by atoms with Crippen LogP contribution in [0.2, 0.25) is 5.02 Å². The summed E-state index contributed by atoms with van der Waals surface area (Å²) in [4.78, 5) is 12.8. The number of halogens is 1. The molecule has 0 aliphatic rings. The van der Waals surface area contributed by atoms with Crippen LogP contribution in [0.25, 0.3) is 22.2 Å². The number of hydrogen-bond acceptors (Lipinski definition) is 6. The summed E-state index contributed by atoms with van der Waals surface area (Å²) < 4.78 is 15.8. The van der Waals surface area contributed by atoms with Crippen LogP contribution in [0.15, 0.2) is 45.4 Å². The van der Waals surface area contributed by atoms with Crippen LogP contribution in [0.5, 0.6) is 5.75 Å². The number of anilines is 1. The highest BCUT2D eigenvalue weighted by atomic mass is 35.5. The second kappa shape index (κ2) is 7.01. The summed E-state index contributed by atoms with van der Waals surface area (Å²) in [6.07, 6.45) is 0. The molecule has 8 heteroatoms. The van der Waals surface area contributed by atoms with E-state index in [1.54, 1.807) is 32.2 Å². The minimum atomic E-state index is -0.452. The van der Waals surface area contributed by atoms with Crippen LogP contribution in [0, 0.1) is 13.8 Å². The van der Waals surface area contributed by atoms with Crippen molar-refractivity contribution in [2.45, 2.75) is 13.8 Å². The molecule has 7 nitrogen and oxygen atoms in total. The zero-order chi connectivity index (χ0) is 19.8. The summed E-state index contributed by atoms with van der Waals surface area (Å²) in [5, 5.41) is 11.8. The van der Waals surface area contributed by atoms with Crippen molar-refractivity contribution in [2.24, 2.45) is 0 Å². The third-order valence-electron chi connectivity index (χ3n) is 4.49. The fraction of sp³-hybridized carbons (Fsp3) is 0.150. The van der Waals surface area contributed by atoms with Crippen molar-refractivity contribution in [3.63, 3.8) is 0 Å². The third kappa shape index (κ3) is 3.10. The molecule has 0 unspecified atom stereocenters. The maximum atomic E-state index is 12.8. The number of rotatable bonds is 4. The normalized spacial score (nSPS) is 11.0. The molecule has 0 fully saturated rings. The lowest BCUT2D eigenvalue weighted by Gasteiger charge is -2.06. The van der Waals surface area contributed by atoms with Crippen LogP contribution in [-0.2, 0) is 0 Å². The first-order chi connectivity index (χ1) is 13.5. The molecule has 0 radical (unpaired) electrons. The Bertz CT molecular complexity index is 1200. The van der Waals surface area contributed by atoms with E-state index in [0.29, 0.717) is 21.9 Å². The van der Waals surface area contributed by atoms with E-state index in [1.165, 1.54) is 0 Å².